The van der Waals surface area contributed by atoms with E-state index in [2.05, 4.69) is 4.98 Å². The van der Waals surface area contributed by atoms with Crippen LogP contribution in [-0.4, -0.2) is 22.8 Å². The lowest BCUT2D eigenvalue weighted by molar-refractivity contribution is 0.134. The van der Waals surface area contributed by atoms with Gasteiger partial charge in [0.2, 0.25) is 0 Å². The number of halogens is 1. The minimum atomic E-state index is -0.119. The molecule has 0 amide bonds. The second-order valence-electron chi connectivity index (χ2n) is 3.48. The van der Waals surface area contributed by atoms with Crippen molar-refractivity contribution in [1.29, 1.82) is 0 Å². The molecule has 15 heavy (non-hydrogen) atoms. The normalized spacial score (nSPS) is 19.2. The fraction of sp³-hybridized carbons (Fsp3) is 0.300. The van der Waals surface area contributed by atoms with Crippen LogP contribution in [0.25, 0.3) is 10.2 Å². The summed E-state index contributed by atoms with van der Waals surface area (Å²) in [5, 5.41) is 9.05. The maximum Gasteiger partial charge on any atom is 0.184 e. The molecule has 0 spiro atoms. The Labute approximate surface area is 95.3 Å². The number of aliphatic hydroxyl groups is 1. The Bertz CT molecular complexity index is 525. The van der Waals surface area contributed by atoms with Gasteiger partial charge in [-0.25, -0.2) is 4.98 Å². The van der Waals surface area contributed by atoms with Crippen LogP contribution in [0.3, 0.4) is 0 Å². The molecular weight excluding hydrogens is 234 g/mol. The van der Waals surface area contributed by atoms with E-state index in [1.807, 2.05) is 12.1 Å². The number of rotatable bonds is 1. The predicted molar refractivity (Wildman–Crippen MR) is 59.8 cm³/mol. The van der Waals surface area contributed by atoms with Crippen molar-refractivity contribution in [3.05, 3.63) is 22.2 Å². The second-order valence-corrected chi connectivity index (χ2v) is 5.07. The predicted octanol–water partition coefficient (Wildman–Crippen LogP) is 2.25. The van der Waals surface area contributed by atoms with E-state index in [-0.39, 0.29) is 12.7 Å². The van der Waals surface area contributed by atoms with Crippen molar-refractivity contribution in [2.75, 3.05) is 6.61 Å². The van der Waals surface area contributed by atoms with E-state index in [0.717, 1.165) is 28.0 Å². The Kier molecular flexibility index (Phi) is 2.09. The quantitative estimate of drug-likeness (QED) is 0.833. The molecule has 0 saturated heterocycles. The maximum atomic E-state index is 9.05. The van der Waals surface area contributed by atoms with Crippen molar-refractivity contribution in [1.82, 2.24) is 4.98 Å². The first-order valence-corrected chi connectivity index (χ1v) is 5.83. The summed E-state index contributed by atoms with van der Waals surface area (Å²) in [6, 6.07) is 3.79. The molecule has 1 N–H and O–H groups in total. The summed E-state index contributed by atoms with van der Waals surface area (Å²) in [4.78, 5) is 4.21. The van der Waals surface area contributed by atoms with E-state index in [1.54, 1.807) is 0 Å². The molecule has 1 aliphatic heterocycles. The largest absolute Gasteiger partial charge is 0.487 e. The molecule has 3 nitrogen and oxygen atoms in total. The number of ether oxygens (including phenoxy) is 1. The lowest BCUT2D eigenvalue weighted by atomic mass is 10.1. The third kappa shape index (κ3) is 1.40. The first kappa shape index (κ1) is 9.39. The summed E-state index contributed by atoms with van der Waals surface area (Å²) < 4.78 is 7.18. The van der Waals surface area contributed by atoms with Crippen LogP contribution in [-0.2, 0) is 6.42 Å². The molecule has 1 aromatic carbocycles. The number of benzene rings is 1. The molecule has 0 fully saturated rings. The van der Waals surface area contributed by atoms with Crippen molar-refractivity contribution in [3.63, 3.8) is 0 Å². The third-order valence-corrected chi connectivity index (χ3v) is 3.76. The van der Waals surface area contributed by atoms with Gasteiger partial charge in [-0.2, -0.15) is 0 Å². The third-order valence-electron chi connectivity index (χ3n) is 2.52. The molecule has 3 rings (SSSR count). The molecule has 2 heterocycles. The monoisotopic (exact) mass is 241 g/mol. The number of aliphatic hydroxyl groups excluding tert-OH is 1. The minimum Gasteiger partial charge on any atom is -0.487 e. The van der Waals surface area contributed by atoms with Crippen molar-refractivity contribution < 1.29 is 9.84 Å². The Balaban J connectivity index is 2.20. The molecule has 1 aromatic heterocycles. The Hall–Kier alpha value is -0.840. The highest BCUT2D eigenvalue weighted by molar-refractivity contribution is 7.22. The van der Waals surface area contributed by atoms with Crippen LogP contribution < -0.4 is 4.74 Å². The highest BCUT2D eigenvalue weighted by Gasteiger charge is 2.25. The average Bonchev–Trinajstić information content (AvgIpc) is 2.78. The number of hydrogen-bond donors (Lipinski definition) is 1. The molecule has 0 saturated carbocycles. The first-order valence-electron chi connectivity index (χ1n) is 4.63. The van der Waals surface area contributed by atoms with E-state index in [9.17, 15) is 0 Å². The van der Waals surface area contributed by atoms with Gasteiger partial charge in [-0.05, 0) is 12.1 Å². The van der Waals surface area contributed by atoms with Gasteiger partial charge in [0.15, 0.2) is 4.47 Å². The minimum absolute atomic E-state index is 0.0444. The van der Waals surface area contributed by atoms with E-state index in [1.165, 1.54) is 11.3 Å². The van der Waals surface area contributed by atoms with E-state index in [4.69, 9.17) is 21.4 Å². The van der Waals surface area contributed by atoms with E-state index < -0.39 is 0 Å². The molecule has 0 aliphatic carbocycles. The lowest BCUT2D eigenvalue weighted by Gasteiger charge is -2.04. The fourth-order valence-electron chi connectivity index (χ4n) is 1.86. The van der Waals surface area contributed by atoms with Gasteiger partial charge in [0.25, 0.3) is 0 Å². The van der Waals surface area contributed by atoms with Gasteiger partial charge in [-0.3, -0.25) is 0 Å². The molecule has 1 atom stereocenters. The van der Waals surface area contributed by atoms with Crippen molar-refractivity contribution in [2.45, 2.75) is 12.5 Å². The fourth-order valence-corrected chi connectivity index (χ4v) is 3.02. The van der Waals surface area contributed by atoms with Gasteiger partial charge in [-0.15, -0.1) is 11.3 Å². The molecule has 0 radical (unpaired) electrons. The Morgan fingerprint density at radius 1 is 1.60 bits per heavy atom. The topological polar surface area (TPSA) is 42.4 Å². The first-order chi connectivity index (χ1) is 7.28. The van der Waals surface area contributed by atoms with Crippen LogP contribution in [0.1, 0.15) is 5.56 Å². The summed E-state index contributed by atoms with van der Waals surface area (Å²) in [7, 11) is 0. The molecule has 5 heteroatoms. The van der Waals surface area contributed by atoms with Crippen LogP contribution in [0.2, 0.25) is 4.47 Å². The molecule has 1 unspecified atom stereocenters. The Morgan fingerprint density at radius 3 is 3.27 bits per heavy atom. The zero-order chi connectivity index (χ0) is 10.4. The van der Waals surface area contributed by atoms with Gasteiger partial charge in [0.1, 0.15) is 11.9 Å². The zero-order valence-electron chi connectivity index (χ0n) is 7.74. The highest BCUT2D eigenvalue weighted by Crippen LogP contribution is 2.38. The summed E-state index contributed by atoms with van der Waals surface area (Å²) in [6.07, 6.45) is 0.619. The second kappa shape index (κ2) is 3.33. The van der Waals surface area contributed by atoms with E-state index in [0.29, 0.717) is 4.47 Å². The zero-order valence-corrected chi connectivity index (χ0v) is 9.31. The van der Waals surface area contributed by atoms with Gasteiger partial charge in [0, 0.05) is 12.0 Å². The Morgan fingerprint density at radius 2 is 2.47 bits per heavy atom. The molecule has 78 valence electrons. The highest BCUT2D eigenvalue weighted by atomic mass is 35.5. The van der Waals surface area contributed by atoms with Gasteiger partial charge in [-0.1, -0.05) is 11.6 Å². The SMILES string of the molecule is OCC1Cc2c(ccc3nc(Cl)sc23)O1. The van der Waals surface area contributed by atoms with Gasteiger partial charge >= 0.3 is 0 Å². The number of hydrogen-bond acceptors (Lipinski definition) is 4. The molecule has 1 aliphatic rings. The van der Waals surface area contributed by atoms with Crippen molar-refractivity contribution in [2.24, 2.45) is 0 Å². The van der Waals surface area contributed by atoms with Crippen LogP contribution >= 0.6 is 22.9 Å². The van der Waals surface area contributed by atoms with Crippen LogP contribution in [0.4, 0.5) is 0 Å². The molecule has 2 aromatic rings. The van der Waals surface area contributed by atoms with Crippen molar-refractivity contribution in [3.8, 4) is 5.75 Å². The van der Waals surface area contributed by atoms with Crippen molar-refractivity contribution >= 4 is 33.2 Å². The summed E-state index contributed by atoms with van der Waals surface area (Å²) >= 11 is 7.33. The molecule has 0 bridgehead atoms. The van der Waals surface area contributed by atoms with Gasteiger partial charge in [0.05, 0.1) is 16.8 Å². The smallest absolute Gasteiger partial charge is 0.184 e. The van der Waals surface area contributed by atoms with E-state index >= 15 is 0 Å². The number of fused-ring (bicyclic) bond motifs is 3. The summed E-state index contributed by atoms with van der Waals surface area (Å²) in [5.74, 6) is 0.849. The van der Waals surface area contributed by atoms with Crippen LogP contribution in [0.15, 0.2) is 12.1 Å². The standard InChI is InChI=1S/C10H8ClNO2S/c11-10-12-7-1-2-8-6(9(7)15-10)3-5(4-13)14-8/h1-2,5,13H,3-4H2. The molecular formula is C10H8ClNO2S. The van der Waals surface area contributed by atoms with Crippen LogP contribution in [0.5, 0.6) is 5.75 Å². The average molecular weight is 242 g/mol. The number of aromatic nitrogens is 1. The summed E-state index contributed by atoms with van der Waals surface area (Å²) in [6.45, 7) is 0.0444. The maximum absolute atomic E-state index is 9.05. The number of nitrogens with zero attached hydrogens (tertiary/aromatic N) is 1. The van der Waals surface area contributed by atoms with Crippen LogP contribution in [0, 0.1) is 0 Å². The summed E-state index contributed by atoms with van der Waals surface area (Å²) in [5.41, 5.74) is 2.03. The lowest BCUT2D eigenvalue weighted by Crippen LogP contribution is -2.17. The number of thiazole rings is 1. The van der Waals surface area contributed by atoms with Gasteiger partial charge < -0.3 is 9.84 Å².